The second-order valence-electron chi connectivity index (χ2n) is 7.05. The van der Waals surface area contributed by atoms with Gasteiger partial charge in [-0.25, -0.2) is 4.74 Å². The Kier molecular flexibility index (Phi) is 4.90. The highest BCUT2D eigenvalue weighted by Gasteiger charge is 2.50. The molecule has 0 aromatic heterocycles. The van der Waals surface area contributed by atoms with E-state index in [0.717, 1.165) is 11.1 Å². The Balaban J connectivity index is 1.63. The third-order valence-electron chi connectivity index (χ3n) is 5.22. The summed E-state index contributed by atoms with van der Waals surface area (Å²) in [5.41, 5.74) is 1.91. The molecular weight excluding hydrogens is 389 g/mol. The van der Waals surface area contributed by atoms with Gasteiger partial charge >= 0.3 is 12.3 Å². The zero-order chi connectivity index (χ0) is 20.6. The summed E-state index contributed by atoms with van der Waals surface area (Å²) >= 11 is 0. The number of methoxy groups -OCH3 is 1. The van der Waals surface area contributed by atoms with Crippen molar-refractivity contribution in [1.29, 1.82) is 0 Å². The minimum absolute atomic E-state index is 0.0365. The smallest absolute Gasteiger partial charge is 0.492 e. The van der Waals surface area contributed by atoms with Crippen LogP contribution in [0.4, 0.5) is 13.2 Å². The monoisotopic (exact) mass is 408 g/mol. The minimum atomic E-state index is -4.86. The Hall–Kier alpha value is -2.74. The van der Waals surface area contributed by atoms with E-state index in [9.17, 15) is 18.0 Å². The SMILES string of the molecule is COC(=O)C[C@@H]1COc2cc(O[C@@]3(OC(F)(F)F)CCc4ccccc43)ccc21. The number of esters is 1. The summed E-state index contributed by atoms with van der Waals surface area (Å²) < 4.78 is 60.2. The number of carbonyl (C=O) groups excluding carboxylic acids is 1. The zero-order valence-corrected chi connectivity index (χ0v) is 15.6. The highest BCUT2D eigenvalue weighted by Crippen LogP contribution is 2.46. The van der Waals surface area contributed by atoms with Crippen LogP contribution in [-0.4, -0.2) is 26.0 Å². The van der Waals surface area contributed by atoms with Gasteiger partial charge in [-0.1, -0.05) is 30.3 Å². The largest absolute Gasteiger partial charge is 0.526 e. The highest BCUT2D eigenvalue weighted by atomic mass is 19.4. The van der Waals surface area contributed by atoms with Crippen molar-refractivity contribution < 1.29 is 36.9 Å². The van der Waals surface area contributed by atoms with Crippen molar-refractivity contribution in [2.75, 3.05) is 13.7 Å². The maximum absolute atomic E-state index is 13.2. The minimum Gasteiger partial charge on any atom is -0.492 e. The predicted molar refractivity (Wildman–Crippen MR) is 95.5 cm³/mol. The van der Waals surface area contributed by atoms with Gasteiger partial charge < -0.3 is 14.2 Å². The van der Waals surface area contributed by atoms with Crippen molar-refractivity contribution in [2.45, 2.75) is 37.3 Å². The Bertz CT molecular complexity index is 927. The van der Waals surface area contributed by atoms with Gasteiger partial charge in [-0.3, -0.25) is 4.79 Å². The van der Waals surface area contributed by atoms with Gasteiger partial charge in [0, 0.05) is 29.5 Å². The van der Waals surface area contributed by atoms with E-state index >= 15 is 0 Å². The van der Waals surface area contributed by atoms with Crippen molar-refractivity contribution in [3.8, 4) is 11.5 Å². The number of halogens is 3. The molecule has 154 valence electrons. The molecule has 0 saturated heterocycles. The number of aryl methyl sites for hydroxylation is 1. The highest BCUT2D eigenvalue weighted by molar-refractivity contribution is 5.71. The van der Waals surface area contributed by atoms with Gasteiger partial charge in [0.05, 0.1) is 20.1 Å². The Morgan fingerprint density at radius 1 is 1.24 bits per heavy atom. The molecule has 0 N–H and O–H groups in total. The van der Waals surface area contributed by atoms with E-state index in [4.69, 9.17) is 14.2 Å². The third kappa shape index (κ3) is 3.89. The van der Waals surface area contributed by atoms with Crippen molar-refractivity contribution in [2.24, 2.45) is 0 Å². The fourth-order valence-corrected chi connectivity index (χ4v) is 3.93. The predicted octanol–water partition coefficient (Wildman–Crippen LogP) is 4.44. The van der Waals surface area contributed by atoms with Crippen molar-refractivity contribution in [3.05, 3.63) is 59.2 Å². The zero-order valence-electron chi connectivity index (χ0n) is 15.6. The number of hydrogen-bond acceptors (Lipinski definition) is 5. The second-order valence-corrected chi connectivity index (χ2v) is 7.05. The summed E-state index contributed by atoms with van der Waals surface area (Å²) in [7, 11) is 1.32. The average Bonchev–Trinajstić information content (AvgIpc) is 3.22. The molecule has 5 nitrogen and oxygen atoms in total. The fraction of sp³-hybridized carbons (Fsp3) is 0.381. The van der Waals surface area contributed by atoms with Crippen LogP contribution in [0.5, 0.6) is 11.5 Å². The van der Waals surface area contributed by atoms with Gasteiger partial charge in [0.15, 0.2) is 0 Å². The molecule has 0 bridgehead atoms. The standard InChI is InChI=1S/C21H19F3O5/c1-26-19(25)10-14-12-27-18-11-15(6-7-16(14)18)28-20(29-21(22,23)24)9-8-13-4-2-3-5-17(13)20/h2-7,11,14H,8-10,12H2,1H3/t14-,20-/m1/s1. The number of carbonyl (C=O) groups is 1. The first kappa shape index (κ1) is 19.6. The molecule has 2 atom stereocenters. The lowest BCUT2D eigenvalue weighted by molar-refractivity contribution is -0.407. The van der Waals surface area contributed by atoms with Crippen LogP contribution in [0.15, 0.2) is 42.5 Å². The van der Waals surface area contributed by atoms with Crippen LogP contribution >= 0.6 is 0 Å². The molecule has 0 radical (unpaired) electrons. The third-order valence-corrected chi connectivity index (χ3v) is 5.22. The van der Waals surface area contributed by atoms with Crippen LogP contribution < -0.4 is 9.47 Å². The molecule has 2 aromatic carbocycles. The number of fused-ring (bicyclic) bond motifs is 2. The molecule has 0 amide bonds. The number of ether oxygens (including phenoxy) is 4. The summed E-state index contributed by atoms with van der Waals surface area (Å²) in [6.45, 7) is 0.293. The van der Waals surface area contributed by atoms with Crippen molar-refractivity contribution in [3.63, 3.8) is 0 Å². The van der Waals surface area contributed by atoms with E-state index in [-0.39, 0.29) is 30.5 Å². The van der Waals surface area contributed by atoms with Crippen LogP contribution in [-0.2, 0) is 26.5 Å². The van der Waals surface area contributed by atoms with E-state index in [0.29, 0.717) is 24.3 Å². The Morgan fingerprint density at radius 3 is 2.79 bits per heavy atom. The molecule has 0 unspecified atom stereocenters. The lowest BCUT2D eigenvalue weighted by Gasteiger charge is -2.32. The Labute approximate surface area is 165 Å². The molecular formula is C21H19F3O5. The van der Waals surface area contributed by atoms with Crippen LogP contribution in [0.2, 0.25) is 0 Å². The van der Waals surface area contributed by atoms with Crippen LogP contribution in [0.3, 0.4) is 0 Å². The van der Waals surface area contributed by atoms with E-state index in [1.54, 1.807) is 36.4 Å². The molecule has 0 spiro atoms. The van der Waals surface area contributed by atoms with Crippen LogP contribution in [0.1, 0.15) is 35.4 Å². The second kappa shape index (κ2) is 7.26. The van der Waals surface area contributed by atoms with Gasteiger partial charge in [-0.2, -0.15) is 0 Å². The van der Waals surface area contributed by atoms with Gasteiger partial charge in [0.2, 0.25) is 5.79 Å². The fourth-order valence-electron chi connectivity index (χ4n) is 3.93. The van der Waals surface area contributed by atoms with E-state index in [1.807, 2.05) is 0 Å². The van der Waals surface area contributed by atoms with Crippen molar-refractivity contribution in [1.82, 2.24) is 0 Å². The quantitative estimate of drug-likeness (QED) is 0.541. The first-order chi connectivity index (χ1) is 13.8. The molecule has 0 saturated carbocycles. The normalized spacial score (nSPS) is 22.6. The van der Waals surface area contributed by atoms with E-state index in [2.05, 4.69) is 4.74 Å². The lowest BCUT2D eigenvalue weighted by Crippen LogP contribution is -2.39. The first-order valence-electron chi connectivity index (χ1n) is 9.17. The molecule has 29 heavy (non-hydrogen) atoms. The Morgan fingerprint density at radius 2 is 2.03 bits per heavy atom. The van der Waals surface area contributed by atoms with E-state index < -0.39 is 12.1 Å². The topological polar surface area (TPSA) is 54.0 Å². The number of hydrogen-bond donors (Lipinski definition) is 0. The molecule has 4 rings (SSSR count). The molecule has 8 heteroatoms. The number of benzene rings is 2. The molecule has 0 fully saturated rings. The van der Waals surface area contributed by atoms with Crippen molar-refractivity contribution >= 4 is 5.97 Å². The van der Waals surface area contributed by atoms with Gasteiger partial charge in [0.1, 0.15) is 11.5 Å². The summed E-state index contributed by atoms with van der Waals surface area (Å²) in [5.74, 6) is -1.80. The molecule has 2 aromatic rings. The van der Waals surface area contributed by atoms with Gasteiger partial charge in [0.25, 0.3) is 0 Å². The van der Waals surface area contributed by atoms with Gasteiger partial charge in [-0.15, -0.1) is 13.2 Å². The maximum Gasteiger partial charge on any atom is 0.526 e. The summed E-state index contributed by atoms with van der Waals surface area (Å²) in [5, 5.41) is 0. The summed E-state index contributed by atoms with van der Waals surface area (Å²) in [6, 6.07) is 11.6. The van der Waals surface area contributed by atoms with E-state index in [1.165, 1.54) is 13.2 Å². The average molecular weight is 408 g/mol. The molecule has 1 heterocycles. The summed E-state index contributed by atoms with van der Waals surface area (Å²) in [6.07, 6.45) is -4.25. The molecule has 2 aliphatic rings. The molecule has 1 aliphatic heterocycles. The molecule has 1 aliphatic carbocycles. The number of alkyl halides is 3. The first-order valence-corrected chi connectivity index (χ1v) is 9.17. The maximum atomic E-state index is 13.2. The van der Waals surface area contributed by atoms with Gasteiger partial charge in [-0.05, 0) is 18.1 Å². The summed E-state index contributed by atoms with van der Waals surface area (Å²) in [4.78, 5) is 11.5. The number of rotatable bonds is 5. The lowest BCUT2D eigenvalue weighted by atomic mass is 9.98. The van der Waals surface area contributed by atoms with Crippen LogP contribution in [0, 0.1) is 0 Å². The van der Waals surface area contributed by atoms with Crippen LogP contribution in [0.25, 0.3) is 0 Å².